The maximum Gasteiger partial charge on any atom is 0.232 e. The zero-order valence-electron chi connectivity index (χ0n) is 15.2. The fourth-order valence-corrected chi connectivity index (χ4v) is 4.89. The van der Waals surface area contributed by atoms with E-state index in [2.05, 4.69) is 4.98 Å². The average molecular weight is 413 g/mol. The number of thiophene rings is 1. The van der Waals surface area contributed by atoms with Crippen LogP contribution in [0.1, 0.15) is 12.8 Å². The molecular formula is C20H20N4O2S2. The van der Waals surface area contributed by atoms with Gasteiger partial charge in [-0.05, 0) is 30.4 Å². The number of para-hydroxylation sites is 1. The molecule has 0 bridgehead atoms. The van der Waals surface area contributed by atoms with E-state index in [0.29, 0.717) is 37.5 Å². The fourth-order valence-electron chi connectivity index (χ4n) is 3.31. The van der Waals surface area contributed by atoms with Crippen molar-refractivity contribution in [1.29, 1.82) is 0 Å². The number of amides is 2. The molecular weight excluding hydrogens is 392 g/mol. The Morgan fingerprint density at radius 2 is 1.93 bits per heavy atom. The van der Waals surface area contributed by atoms with Crippen molar-refractivity contribution in [2.75, 3.05) is 18.8 Å². The highest BCUT2D eigenvalue weighted by atomic mass is 32.2. The van der Waals surface area contributed by atoms with E-state index in [9.17, 15) is 9.59 Å². The van der Waals surface area contributed by atoms with Crippen molar-refractivity contribution in [2.24, 2.45) is 11.7 Å². The third-order valence-electron chi connectivity index (χ3n) is 4.89. The number of aromatic nitrogens is 2. The van der Waals surface area contributed by atoms with Crippen LogP contribution >= 0.6 is 23.1 Å². The first-order valence-electron chi connectivity index (χ1n) is 9.12. The minimum absolute atomic E-state index is 0.0632. The van der Waals surface area contributed by atoms with Crippen LogP contribution in [0, 0.1) is 5.92 Å². The lowest BCUT2D eigenvalue weighted by Crippen LogP contribution is -2.42. The van der Waals surface area contributed by atoms with Gasteiger partial charge < -0.3 is 10.6 Å². The van der Waals surface area contributed by atoms with Crippen LogP contribution in [0.3, 0.4) is 0 Å². The van der Waals surface area contributed by atoms with E-state index >= 15 is 0 Å². The predicted molar refractivity (Wildman–Crippen MR) is 112 cm³/mol. The third-order valence-corrected chi connectivity index (χ3v) is 6.73. The molecule has 0 spiro atoms. The van der Waals surface area contributed by atoms with Gasteiger partial charge in [0.25, 0.3) is 0 Å². The van der Waals surface area contributed by atoms with Crippen molar-refractivity contribution in [3.05, 3.63) is 41.8 Å². The second kappa shape index (κ2) is 8.28. The number of nitrogens with two attached hydrogens (primary N) is 1. The molecule has 2 aromatic heterocycles. The Morgan fingerprint density at radius 1 is 1.14 bits per heavy atom. The van der Waals surface area contributed by atoms with Crippen LogP contribution in [-0.2, 0) is 9.59 Å². The summed E-state index contributed by atoms with van der Waals surface area (Å²) in [6, 6.07) is 11.8. The number of nitrogens with zero attached hydrogens (tertiary/aromatic N) is 3. The largest absolute Gasteiger partial charge is 0.369 e. The van der Waals surface area contributed by atoms with E-state index in [0.717, 1.165) is 20.8 Å². The molecule has 1 aliphatic heterocycles. The highest BCUT2D eigenvalue weighted by Crippen LogP contribution is 2.30. The van der Waals surface area contributed by atoms with Gasteiger partial charge in [-0.25, -0.2) is 9.97 Å². The van der Waals surface area contributed by atoms with Crippen LogP contribution < -0.4 is 5.73 Å². The zero-order chi connectivity index (χ0) is 19.5. The molecule has 8 heteroatoms. The van der Waals surface area contributed by atoms with Crippen LogP contribution in [0.2, 0.25) is 0 Å². The van der Waals surface area contributed by atoms with E-state index in [1.54, 1.807) is 11.3 Å². The first-order chi connectivity index (χ1) is 13.6. The fraction of sp³-hybridized carbons (Fsp3) is 0.300. The number of fused-ring (bicyclic) bond motifs is 1. The zero-order valence-corrected chi connectivity index (χ0v) is 16.8. The maximum atomic E-state index is 12.6. The number of likely N-dealkylation sites (tertiary alicyclic amines) is 1. The molecule has 1 saturated heterocycles. The summed E-state index contributed by atoms with van der Waals surface area (Å²) in [6.07, 6.45) is 1.29. The van der Waals surface area contributed by atoms with Crippen LogP contribution in [0.15, 0.2) is 46.8 Å². The van der Waals surface area contributed by atoms with Crippen molar-refractivity contribution in [3.63, 3.8) is 0 Å². The van der Waals surface area contributed by atoms with Gasteiger partial charge in [-0.1, -0.05) is 36.0 Å². The molecule has 6 nitrogen and oxygen atoms in total. The minimum atomic E-state index is -0.268. The molecule has 1 fully saturated rings. The summed E-state index contributed by atoms with van der Waals surface area (Å²) >= 11 is 3.04. The van der Waals surface area contributed by atoms with Crippen molar-refractivity contribution in [1.82, 2.24) is 14.9 Å². The molecule has 1 aliphatic rings. The number of rotatable bonds is 5. The van der Waals surface area contributed by atoms with Gasteiger partial charge in [-0.15, -0.1) is 11.3 Å². The van der Waals surface area contributed by atoms with Crippen molar-refractivity contribution in [3.8, 4) is 10.7 Å². The highest BCUT2D eigenvalue weighted by Gasteiger charge is 2.26. The Balaban J connectivity index is 1.50. The van der Waals surface area contributed by atoms with Gasteiger partial charge in [0.2, 0.25) is 11.8 Å². The number of hydrogen-bond donors (Lipinski definition) is 1. The van der Waals surface area contributed by atoms with Crippen LogP contribution in [0.25, 0.3) is 21.6 Å². The molecule has 144 valence electrons. The average Bonchev–Trinajstić information content (AvgIpc) is 3.26. The summed E-state index contributed by atoms with van der Waals surface area (Å²) in [5.41, 5.74) is 6.24. The highest BCUT2D eigenvalue weighted by molar-refractivity contribution is 8.00. The summed E-state index contributed by atoms with van der Waals surface area (Å²) in [6.45, 7) is 1.16. The molecule has 0 atom stereocenters. The predicted octanol–water partition coefficient (Wildman–Crippen LogP) is 3.17. The van der Waals surface area contributed by atoms with Crippen LogP contribution in [0.4, 0.5) is 0 Å². The van der Waals surface area contributed by atoms with Gasteiger partial charge in [0, 0.05) is 24.4 Å². The first-order valence-corrected chi connectivity index (χ1v) is 11.0. The van der Waals surface area contributed by atoms with Gasteiger partial charge in [-0.2, -0.15) is 0 Å². The molecule has 28 heavy (non-hydrogen) atoms. The molecule has 0 aliphatic carbocycles. The van der Waals surface area contributed by atoms with E-state index in [1.807, 2.05) is 46.7 Å². The lowest BCUT2D eigenvalue weighted by Gasteiger charge is -2.30. The van der Waals surface area contributed by atoms with Gasteiger partial charge >= 0.3 is 0 Å². The number of carbonyl (C=O) groups excluding carboxylic acids is 2. The summed E-state index contributed by atoms with van der Waals surface area (Å²) in [4.78, 5) is 36.2. The number of thioether (sulfide) groups is 1. The Bertz CT molecular complexity index is 999. The van der Waals surface area contributed by atoms with Crippen LogP contribution in [0.5, 0.6) is 0 Å². The summed E-state index contributed by atoms with van der Waals surface area (Å²) < 4.78 is 0. The number of primary amides is 1. The van der Waals surface area contributed by atoms with Gasteiger partial charge in [0.05, 0.1) is 16.1 Å². The second-order valence-corrected chi connectivity index (χ2v) is 8.60. The SMILES string of the molecule is NC(=O)C1CCN(C(=O)CSc2nc(-c3cccs3)nc3ccccc23)CC1. The summed E-state index contributed by atoms with van der Waals surface area (Å²) in [5, 5.41) is 3.77. The van der Waals surface area contributed by atoms with Gasteiger partial charge in [0.1, 0.15) is 5.03 Å². The van der Waals surface area contributed by atoms with E-state index in [4.69, 9.17) is 10.7 Å². The smallest absolute Gasteiger partial charge is 0.232 e. The molecule has 2 N–H and O–H groups in total. The third kappa shape index (κ3) is 4.02. The number of hydrogen-bond acceptors (Lipinski definition) is 6. The molecule has 3 heterocycles. The van der Waals surface area contributed by atoms with Crippen molar-refractivity contribution >= 4 is 45.8 Å². The monoisotopic (exact) mass is 412 g/mol. The second-order valence-electron chi connectivity index (χ2n) is 6.69. The van der Waals surface area contributed by atoms with E-state index in [1.165, 1.54) is 11.8 Å². The Kier molecular flexibility index (Phi) is 5.59. The number of carbonyl (C=O) groups is 2. The Morgan fingerprint density at radius 3 is 2.64 bits per heavy atom. The van der Waals surface area contributed by atoms with Gasteiger partial charge in [0.15, 0.2) is 5.82 Å². The molecule has 4 rings (SSSR count). The topological polar surface area (TPSA) is 89.2 Å². The summed E-state index contributed by atoms with van der Waals surface area (Å²) in [7, 11) is 0. The number of benzene rings is 1. The molecule has 0 radical (unpaired) electrons. The Labute approximate surface area is 171 Å². The van der Waals surface area contributed by atoms with E-state index < -0.39 is 0 Å². The normalized spacial score (nSPS) is 15.1. The number of piperidine rings is 1. The van der Waals surface area contributed by atoms with E-state index in [-0.39, 0.29) is 17.7 Å². The molecule has 0 saturated carbocycles. The first kappa shape index (κ1) is 18.9. The molecule has 0 unspecified atom stereocenters. The molecule has 1 aromatic carbocycles. The van der Waals surface area contributed by atoms with Gasteiger partial charge in [-0.3, -0.25) is 9.59 Å². The Hall–Kier alpha value is -2.45. The lowest BCUT2D eigenvalue weighted by molar-refractivity contribution is -0.132. The maximum absolute atomic E-state index is 12.6. The summed E-state index contributed by atoms with van der Waals surface area (Å²) in [5.74, 6) is 0.677. The standard InChI is InChI=1S/C20H20N4O2S2/c21-18(26)13-7-9-24(10-8-13)17(25)12-28-20-14-4-1-2-5-15(14)22-19(23-20)16-6-3-11-27-16/h1-6,11,13H,7-10,12H2,(H2,21,26). The van der Waals surface area contributed by atoms with Crippen molar-refractivity contribution in [2.45, 2.75) is 17.9 Å². The molecule has 2 amide bonds. The van der Waals surface area contributed by atoms with Crippen molar-refractivity contribution < 1.29 is 9.59 Å². The minimum Gasteiger partial charge on any atom is -0.369 e. The quantitative estimate of drug-likeness (QED) is 0.514. The molecule has 3 aromatic rings. The van der Waals surface area contributed by atoms with Crippen LogP contribution in [-0.4, -0.2) is 45.5 Å². The lowest BCUT2D eigenvalue weighted by atomic mass is 9.96.